The quantitative estimate of drug-likeness (QED) is 0.385. The van der Waals surface area contributed by atoms with E-state index >= 15 is 0 Å². The van der Waals surface area contributed by atoms with E-state index < -0.39 is 0 Å². The number of rotatable bonds is 7. The van der Waals surface area contributed by atoms with Crippen LogP contribution in [-0.4, -0.2) is 38.6 Å². The van der Waals surface area contributed by atoms with Gasteiger partial charge in [-0.1, -0.05) is 6.07 Å². The Morgan fingerprint density at radius 3 is 3.00 bits per heavy atom. The zero-order chi connectivity index (χ0) is 17.5. The van der Waals surface area contributed by atoms with E-state index in [-0.39, 0.29) is 0 Å². The predicted molar refractivity (Wildman–Crippen MR) is 101 cm³/mol. The van der Waals surface area contributed by atoms with Crippen LogP contribution in [0.3, 0.4) is 0 Å². The van der Waals surface area contributed by atoms with Crippen molar-refractivity contribution in [2.75, 3.05) is 13.1 Å². The first kappa shape index (κ1) is 17.3. The first-order valence-electron chi connectivity index (χ1n) is 8.48. The predicted octanol–water partition coefficient (Wildman–Crippen LogP) is 2.18. The number of nitrogens with one attached hydrogen (secondary N) is 2. The fourth-order valence-electron chi connectivity index (χ4n) is 2.48. The first-order chi connectivity index (χ1) is 12.3. The first-order valence-corrected chi connectivity index (χ1v) is 9.30. The molecule has 0 atom stereocenters. The summed E-state index contributed by atoms with van der Waals surface area (Å²) in [5, 5.41) is 16.1. The van der Waals surface area contributed by atoms with Crippen molar-refractivity contribution in [3.63, 3.8) is 0 Å². The molecular weight excluding hydrogens is 334 g/mol. The topological polar surface area (TPSA) is 79.5 Å². The van der Waals surface area contributed by atoms with Crippen molar-refractivity contribution in [1.82, 2.24) is 30.2 Å². The highest BCUT2D eigenvalue weighted by Crippen LogP contribution is 2.11. The second-order valence-electron chi connectivity index (χ2n) is 5.64. The molecule has 3 aromatic heterocycles. The van der Waals surface area contributed by atoms with Crippen LogP contribution in [0.4, 0.5) is 0 Å². The number of thiazole rings is 1. The Kier molecular flexibility index (Phi) is 5.95. The minimum absolute atomic E-state index is 0.600. The lowest BCUT2D eigenvalue weighted by Gasteiger charge is -2.10. The third kappa shape index (κ3) is 4.76. The summed E-state index contributed by atoms with van der Waals surface area (Å²) >= 11 is 1.68. The van der Waals surface area contributed by atoms with Crippen molar-refractivity contribution in [2.24, 2.45) is 4.99 Å². The van der Waals surface area contributed by atoms with Crippen LogP contribution in [0.25, 0.3) is 5.65 Å². The zero-order valence-electron chi connectivity index (χ0n) is 14.6. The van der Waals surface area contributed by atoms with Crippen LogP contribution in [0, 0.1) is 6.92 Å². The molecule has 0 aliphatic heterocycles. The van der Waals surface area contributed by atoms with Gasteiger partial charge in [0.1, 0.15) is 10.8 Å². The second kappa shape index (κ2) is 8.57. The van der Waals surface area contributed by atoms with Gasteiger partial charge >= 0.3 is 0 Å². The van der Waals surface area contributed by atoms with Gasteiger partial charge in [0.25, 0.3) is 0 Å². The average molecular weight is 357 g/mol. The molecule has 0 aliphatic carbocycles. The molecule has 0 saturated carbocycles. The summed E-state index contributed by atoms with van der Waals surface area (Å²) in [6.07, 6.45) is 5.71. The number of hydrogen-bond acceptors (Lipinski definition) is 5. The van der Waals surface area contributed by atoms with Gasteiger partial charge in [0.2, 0.25) is 0 Å². The van der Waals surface area contributed by atoms with Crippen molar-refractivity contribution in [1.29, 1.82) is 0 Å². The van der Waals surface area contributed by atoms with Crippen LogP contribution in [0.2, 0.25) is 0 Å². The van der Waals surface area contributed by atoms with Crippen LogP contribution in [0.5, 0.6) is 0 Å². The number of aryl methyl sites for hydroxylation is 2. The van der Waals surface area contributed by atoms with Crippen LogP contribution in [0.1, 0.15) is 29.1 Å². The van der Waals surface area contributed by atoms with Crippen LogP contribution >= 0.6 is 11.3 Å². The molecule has 0 aromatic carbocycles. The molecule has 3 aromatic rings. The number of fused-ring (bicyclic) bond motifs is 1. The summed E-state index contributed by atoms with van der Waals surface area (Å²) in [5.41, 5.74) is 0.888. The van der Waals surface area contributed by atoms with Crippen molar-refractivity contribution >= 4 is 22.9 Å². The Balaban J connectivity index is 1.49. The third-order valence-electron chi connectivity index (χ3n) is 3.64. The summed E-state index contributed by atoms with van der Waals surface area (Å²) < 4.78 is 2.03. The molecular formula is C17H23N7S. The van der Waals surface area contributed by atoms with Crippen molar-refractivity contribution in [3.8, 4) is 0 Å². The molecule has 0 spiro atoms. The Morgan fingerprint density at radius 2 is 2.20 bits per heavy atom. The number of guanidine groups is 1. The van der Waals surface area contributed by atoms with Gasteiger partial charge in [0, 0.05) is 36.8 Å². The molecule has 0 amide bonds. The Labute approximate surface area is 151 Å². The molecule has 3 rings (SSSR count). The number of hydrogen-bond donors (Lipinski definition) is 2. The molecule has 0 unspecified atom stereocenters. The van der Waals surface area contributed by atoms with E-state index in [2.05, 4.69) is 44.7 Å². The van der Waals surface area contributed by atoms with Gasteiger partial charge in [0.05, 0.1) is 6.54 Å². The maximum atomic E-state index is 4.59. The molecule has 0 aliphatic rings. The molecule has 0 bridgehead atoms. The molecule has 0 radical (unpaired) electrons. The minimum atomic E-state index is 0.600. The molecule has 0 fully saturated rings. The standard InChI is InChI=1S/C17H23N7S/c1-3-18-17(21-12-16-20-11-13(2)25-16)19-9-6-8-15-23-22-14-7-4-5-10-24(14)15/h4-5,7,10-11H,3,6,8-9,12H2,1-2H3,(H2,18,19,21). The van der Waals surface area contributed by atoms with E-state index in [0.29, 0.717) is 6.54 Å². The molecule has 2 N–H and O–H groups in total. The van der Waals surface area contributed by atoms with Crippen LogP contribution in [-0.2, 0) is 13.0 Å². The van der Waals surface area contributed by atoms with Gasteiger partial charge in [-0.05, 0) is 32.4 Å². The summed E-state index contributed by atoms with van der Waals surface area (Å²) in [4.78, 5) is 10.1. The second-order valence-corrected chi connectivity index (χ2v) is 6.95. The molecule has 7 nitrogen and oxygen atoms in total. The van der Waals surface area contributed by atoms with Crippen LogP contribution < -0.4 is 10.6 Å². The zero-order valence-corrected chi connectivity index (χ0v) is 15.4. The number of nitrogens with zero attached hydrogens (tertiary/aromatic N) is 5. The molecule has 0 saturated heterocycles. The lowest BCUT2D eigenvalue weighted by molar-refractivity contribution is 0.715. The van der Waals surface area contributed by atoms with Gasteiger partial charge in [-0.15, -0.1) is 21.5 Å². The monoisotopic (exact) mass is 357 g/mol. The fourth-order valence-corrected chi connectivity index (χ4v) is 3.19. The van der Waals surface area contributed by atoms with E-state index in [1.807, 2.05) is 35.0 Å². The van der Waals surface area contributed by atoms with Gasteiger partial charge in [-0.2, -0.15) is 0 Å². The maximum Gasteiger partial charge on any atom is 0.191 e. The minimum Gasteiger partial charge on any atom is -0.357 e. The van der Waals surface area contributed by atoms with Crippen molar-refractivity contribution < 1.29 is 0 Å². The highest BCUT2D eigenvalue weighted by molar-refractivity contribution is 7.11. The molecule has 8 heteroatoms. The van der Waals surface area contributed by atoms with E-state index in [4.69, 9.17) is 0 Å². The third-order valence-corrected chi connectivity index (χ3v) is 4.54. The van der Waals surface area contributed by atoms with Crippen molar-refractivity contribution in [2.45, 2.75) is 33.2 Å². The van der Waals surface area contributed by atoms with E-state index in [1.165, 1.54) is 4.88 Å². The number of aliphatic imine (C=N–C) groups is 1. The molecule has 25 heavy (non-hydrogen) atoms. The molecule has 3 heterocycles. The highest BCUT2D eigenvalue weighted by Gasteiger charge is 2.05. The van der Waals surface area contributed by atoms with Gasteiger partial charge in [-0.3, -0.25) is 4.40 Å². The maximum absolute atomic E-state index is 4.59. The highest BCUT2D eigenvalue weighted by atomic mass is 32.1. The Hall–Kier alpha value is -2.48. The summed E-state index contributed by atoms with van der Waals surface area (Å²) in [6.45, 7) is 6.38. The van der Waals surface area contributed by atoms with Crippen molar-refractivity contribution in [3.05, 3.63) is 46.3 Å². The number of pyridine rings is 1. The summed E-state index contributed by atoms with van der Waals surface area (Å²) in [6, 6.07) is 5.93. The van der Waals surface area contributed by atoms with E-state index in [9.17, 15) is 0 Å². The SMILES string of the molecule is CCNC(=NCc1ncc(C)s1)NCCCc1nnc2ccccn12. The Morgan fingerprint density at radius 1 is 1.28 bits per heavy atom. The van der Waals surface area contributed by atoms with E-state index in [1.54, 1.807) is 11.3 Å². The van der Waals surface area contributed by atoms with Gasteiger partial charge < -0.3 is 10.6 Å². The largest absolute Gasteiger partial charge is 0.357 e. The summed E-state index contributed by atoms with van der Waals surface area (Å²) in [5.74, 6) is 1.80. The van der Waals surface area contributed by atoms with E-state index in [0.717, 1.165) is 48.4 Å². The smallest absolute Gasteiger partial charge is 0.191 e. The molecule has 132 valence electrons. The van der Waals surface area contributed by atoms with Gasteiger partial charge in [-0.25, -0.2) is 9.98 Å². The number of aromatic nitrogens is 4. The normalized spacial score (nSPS) is 11.8. The summed E-state index contributed by atoms with van der Waals surface area (Å²) in [7, 11) is 0. The fraction of sp³-hybridized carbons (Fsp3) is 0.412. The van der Waals surface area contributed by atoms with Gasteiger partial charge in [0.15, 0.2) is 11.6 Å². The average Bonchev–Trinajstić information content (AvgIpc) is 3.22. The van der Waals surface area contributed by atoms with Crippen LogP contribution in [0.15, 0.2) is 35.6 Å². The lowest BCUT2D eigenvalue weighted by atomic mass is 10.3. The Bertz CT molecular complexity index is 836. The lowest BCUT2D eigenvalue weighted by Crippen LogP contribution is -2.37.